The summed E-state index contributed by atoms with van der Waals surface area (Å²) < 4.78 is 27.1. The second-order valence-electron chi connectivity index (χ2n) is 9.91. The molecule has 1 N–H and O–H groups in total. The van der Waals surface area contributed by atoms with Gasteiger partial charge in [-0.1, -0.05) is 6.42 Å². The van der Waals surface area contributed by atoms with Crippen molar-refractivity contribution in [3.8, 4) is 0 Å². The molecule has 3 heterocycles. The average Bonchev–Trinajstić information content (AvgIpc) is 3.29. The van der Waals surface area contributed by atoms with Crippen molar-refractivity contribution < 1.29 is 13.6 Å². The smallest absolute Gasteiger partial charge is 0.241 e. The van der Waals surface area contributed by atoms with Crippen LogP contribution in [-0.4, -0.2) is 66.5 Å². The number of carbonyl (C=O) groups excluding carboxylic acids is 1. The summed E-state index contributed by atoms with van der Waals surface area (Å²) in [4.78, 5) is 23.0. The van der Waals surface area contributed by atoms with Gasteiger partial charge >= 0.3 is 0 Å². The zero-order chi connectivity index (χ0) is 24.2. The summed E-state index contributed by atoms with van der Waals surface area (Å²) in [5.74, 6) is 0.0133. The van der Waals surface area contributed by atoms with Gasteiger partial charge in [-0.2, -0.15) is 0 Å². The van der Waals surface area contributed by atoms with Gasteiger partial charge in [0.25, 0.3) is 0 Å². The van der Waals surface area contributed by atoms with E-state index in [0.717, 1.165) is 75.0 Å². The molecule has 2 aliphatic heterocycles. The van der Waals surface area contributed by atoms with Crippen molar-refractivity contribution in [2.75, 3.05) is 50.7 Å². The number of aromatic amines is 1. The number of nitrogens with one attached hydrogen (secondary N) is 1. The largest absolute Gasteiger partial charge is 0.361 e. The Balaban J connectivity index is 1.20. The first-order valence-corrected chi connectivity index (χ1v) is 12.8. The lowest BCUT2D eigenvalue weighted by Crippen LogP contribution is -2.46. The van der Waals surface area contributed by atoms with Gasteiger partial charge in [0.2, 0.25) is 5.91 Å². The normalized spacial score (nSPS) is 18.2. The van der Waals surface area contributed by atoms with Crippen LogP contribution < -0.4 is 4.90 Å². The van der Waals surface area contributed by atoms with E-state index in [4.69, 9.17) is 0 Å². The van der Waals surface area contributed by atoms with Crippen LogP contribution in [0.5, 0.6) is 0 Å². The zero-order valence-electron chi connectivity index (χ0n) is 20.2. The fourth-order valence-electron chi connectivity index (χ4n) is 5.58. The van der Waals surface area contributed by atoms with Crippen LogP contribution in [0.25, 0.3) is 10.9 Å². The minimum atomic E-state index is -0.292. The lowest BCUT2D eigenvalue weighted by molar-refractivity contribution is -0.120. The highest BCUT2D eigenvalue weighted by Gasteiger charge is 2.25. The molecular weight excluding hydrogens is 446 g/mol. The van der Waals surface area contributed by atoms with Crippen molar-refractivity contribution in [2.24, 2.45) is 0 Å². The molecule has 0 unspecified atom stereocenters. The van der Waals surface area contributed by atoms with Gasteiger partial charge in [0.15, 0.2) is 0 Å². The fourth-order valence-corrected chi connectivity index (χ4v) is 5.58. The Hall–Kier alpha value is -2.77. The Bertz CT molecular complexity index is 1130. The van der Waals surface area contributed by atoms with Crippen LogP contribution in [0, 0.1) is 11.6 Å². The fraction of sp³-hybridized carbons (Fsp3) is 0.464. The number of anilines is 1. The predicted molar refractivity (Wildman–Crippen MR) is 136 cm³/mol. The molecule has 2 aromatic carbocycles. The number of carbonyl (C=O) groups is 1. The molecule has 5 nitrogen and oxygen atoms in total. The quantitative estimate of drug-likeness (QED) is 0.509. The van der Waals surface area contributed by atoms with Crippen LogP contribution in [0.1, 0.15) is 43.6 Å². The van der Waals surface area contributed by atoms with Crippen LogP contribution in [0.15, 0.2) is 48.7 Å². The molecule has 0 radical (unpaired) electrons. The molecule has 5 rings (SSSR count). The Kier molecular flexibility index (Phi) is 7.44. The van der Waals surface area contributed by atoms with Crippen LogP contribution in [0.3, 0.4) is 0 Å². The molecule has 1 aromatic heterocycles. The average molecular weight is 481 g/mol. The van der Waals surface area contributed by atoms with E-state index in [2.05, 4.69) is 14.8 Å². The highest BCUT2D eigenvalue weighted by atomic mass is 19.1. The molecule has 186 valence electrons. The van der Waals surface area contributed by atoms with E-state index in [1.807, 2.05) is 17.2 Å². The van der Waals surface area contributed by atoms with E-state index in [9.17, 15) is 13.6 Å². The molecule has 2 fully saturated rings. The van der Waals surface area contributed by atoms with Crippen LogP contribution >= 0.6 is 0 Å². The summed E-state index contributed by atoms with van der Waals surface area (Å²) in [5, 5.41) is 1.11. The number of hydrogen-bond donors (Lipinski definition) is 1. The molecule has 0 atom stereocenters. The molecule has 0 saturated carbocycles. The van der Waals surface area contributed by atoms with Crippen LogP contribution in [0.4, 0.5) is 14.5 Å². The molecule has 35 heavy (non-hydrogen) atoms. The van der Waals surface area contributed by atoms with Crippen LogP contribution in [-0.2, 0) is 4.79 Å². The third kappa shape index (κ3) is 5.73. The molecule has 2 aliphatic rings. The van der Waals surface area contributed by atoms with Crippen molar-refractivity contribution in [1.82, 2.24) is 14.8 Å². The first-order chi connectivity index (χ1) is 17.1. The predicted octanol–water partition coefficient (Wildman–Crippen LogP) is 5.14. The van der Waals surface area contributed by atoms with E-state index in [0.29, 0.717) is 19.0 Å². The van der Waals surface area contributed by atoms with Gasteiger partial charge in [-0.3, -0.25) is 9.69 Å². The summed E-state index contributed by atoms with van der Waals surface area (Å²) in [5.41, 5.74) is 2.88. The van der Waals surface area contributed by atoms with Crippen molar-refractivity contribution in [3.05, 3.63) is 65.9 Å². The molecule has 3 aromatic rings. The van der Waals surface area contributed by atoms with Gasteiger partial charge in [-0.25, -0.2) is 8.78 Å². The van der Waals surface area contributed by atoms with E-state index in [1.165, 1.54) is 30.2 Å². The van der Waals surface area contributed by atoms with Gasteiger partial charge in [0.05, 0.1) is 6.54 Å². The number of nitrogens with zero attached hydrogens (tertiary/aromatic N) is 3. The summed E-state index contributed by atoms with van der Waals surface area (Å²) >= 11 is 0. The minimum absolute atomic E-state index is 0.0828. The SMILES string of the molecule is O=C(CN1CCCCC1)N(CCN1CCC(c2c[nH]c3cc(F)ccc23)CC1)c1ccc(F)cc1. The third-order valence-electron chi connectivity index (χ3n) is 7.59. The van der Waals surface area contributed by atoms with Crippen molar-refractivity contribution >= 4 is 22.5 Å². The number of rotatable bonds is 7. The molecule has 1 amide bonds. The Morgan fingerprint density at radius 2 is 1.63 bits per heavy atom. The number of likely N-dealkylation sites (tertiary alicyclic amines) is 2. The second-order valence-corrected chi connectivity index (χ2v) is 9.91. The summed E-state index contributed by atoms with van der Waals surface area (Å²) in [6.45, 7) is 5.64. The number of hydrogen-bond acceptors (Lipinski definition) is 3. The maximum atomic E-state index is 13.5. The van der Waals surface area contributed by atoms with Crippen molar-refractivity contribution in [3.63, 3.8) is 0 Å². The van der Waals surface area contributed by atoms with Gasteiger partial charge in [0, 0.05) is 35.9 Å². The first-order valence-electron chi connectivity index (χ1n) is 12.8. The topological polar surface area (TPSA) is 42.6 Å². The van der Waals surface area contributed by atoms with E-state index in [-0.39, 0.29) is 17.5 Å². The number of fused-ring (bicyclic) bond motifs is 1. The Morgan fingerprint density at radius 1 is 0.914 bits per heavy atom. The molecule has 0 aliphatic carbocycles. The van der Waals surface area contributed by atoms with Gasteiger partial charge < -0.3 is 14.8 Å². The van der Waals surface area contributed by atoms with E-state index >= 15 is 0 Å². The van der Waals surface area contributed by atoms with Crippen LogP contribution in [0.2, 0.25) is 0 Å². The number of H-pyrrole nitrogens is 1. The van der Waals surface area contributed by atoms with E-state index < -0.39 is 0 Å². The molecule has 0 bridgehead atoms. The van der Waals surface area contributed by atoms with Gasteiger partial charge in [0.1, 0.15) is 11.6 Å². The standard InChI is InChI=1S/C28H34F2N4O/c29-22-4-7-24(8-5-22)34(28(35)20-33-12-2-1-3-13-33)17-16-32-14-10-21(11-15-32)26-19-31-27-18-23(30)6-9-25(26)27/h4-9,18-19,21,31H,1-3,10-17,20H2. The number of benzene rings is 2. The zero-order valence-corrected chi connectivity index (χ0v) is 20.2. The number of halogens is 2. The number of amides is 1. The lowest BCUT2D eigenvalue weighted by atomic mass is 9.89. The first kappa shape index (κ1) is 23.9. The molecule has 0 spiro atoms. The van der Waals surface area contributed by atoms with Crippen molar-refractivity contribution in [1.29, 1.82) is 0 Å². The third-order valence-corrected chi connectivity index (χ3v) is 7.59. The molecule has 2 saturated heterocycles. The highest BCUT2D eigenvalue weighted by Crippen LogP contribution is 2.33. The second kappa shape index (κ2) is 10.9. The monoisotopic (exact) mass is 480 g/mol. The molecular formula is C28H34F2N4O. The Morgan fingerprint density at radius 3 is 2.37 bits per heavy atom. The number of aromatic nitrogens is 1. The maximum Gasteiger partial charge on any atom is 0.241 e. The maximum absolute atomic E-state index is 13.5. The summed E-state index contributed by atoms with van der Waals surface area (Å²) in [6, 6.07) is 11.2. The van der Waals surface area contributed by atoms with Gasteiger partial charge in [-0.15, -0.1) is 0 Å². The van der Waals surface area contributed by atoms with Crippen molar-refractivity contribution in [2.45, 2.75) is 38.0 Å². The number of piperidine rings is 2. The molecule has 7 heteroatoms. The summed E-state index contributed by atoms with van der Waals surface area (Å²) in [6.07, 6.45) is 7.61. The van der Waals surface area contributed by atoms with E-state index in [1.54, 1.807) is 18.2 Å². The highest BCUT2D eigenvalue weighted by molar-refractivity contribution is 5.94. The minimum Gasteiger partial charge on any atom is -0.361 e. The summed E-state index contributed by atoms with van der Waals surface area (Å²) in [7, 11) is 0. The lowest BCUT2D eigenvalue weighted by Gasteiger charge is -2.34. The Labute approximate surface area is 205 Å². The van der Waals surface area contributed by atoms with Gasteiger partial charge in [-0.05, 0) is 106 Å².